The first-order chi connectivity index (χ1) is 14.3. The highest BCUT2D eigenvalue weighted by molar-refractivity contribution is 9.10. The predicted molar refractivity (Wildman–Crippen MR) is 118 cm³/mol. The second-order valence-corrected chi connectivity index (χ2v) is 8.50. The Balaban J connectivity index is 2.32. The molecule has 0 aliphatic carbocycles. The van der Waals surface area contributed by atoms with Gasteiger partial charge in [-0.2, -0.15) is 13.2 Å². The fraction of sp³-hybridized carbons (Fsp3) is 0.200. The van der Waals surface area contributed by atoms with Gasteiger partial charge in [0.05, 0.1) is 26.5 Å². The van der Waals surface area contributed by atoms with Crippen LogP contribution in [0.3, 0.4) is 0 Å². The van der Waals surface area contributed by atoms with Crippen LogP contribution in [0.2, 0.25) is 15.1 Å². The number of aliphatic carboxylic acids is 1. The molecule has 2 rings (SSSR count). The maximum absolute atomic E-state index is 13.6. The van der Waals surface area contributed by atoms with Gasteiger partial charge in [0.25, 0.3) is 5.91 Å². The van der Waals surface area contributed by atoms with Crippen molar-refractivity contribution in [3.8, 4) is 0 Å². The summed E-state index contributed by atoms with van der Waals surface area (Å²) < 4.78 is 41.2. The summed E-state index contributed by atoms with van der Waals surface area (Å²) in [6.07, 6.45) is -2.45. The number of carbonyl (C=O) groups excluding carboxylic acids is 1. The van der Waals surface area contributed by atoms with Crippen LogP contribution in [0.5, 0.6) is 0 Å². The second kappa shape index (κ2) is 10.3. The Morgan fingerprint density at radius 2 is 1.71 bits per heavy atom. The third kappa shape index (κ3) is 6.62. The van der Waals surface area contributed by atoms with Gasteiger partial charge in [0.15, 0.2) is 0 Å². The van der Waals surface area contributed by atoms with Crippen molar-refractivity contribution < 1.29 is 27.9 Å². The number of carbonyl (C=O) groups is 2. The van der Waals surface area contributed by atoms with E-state index in [1.807, 2.05) is 0 Å². The molecule has 0 heterocycles. The molecule has 0 bridgehead atoms. The topological polar surface area (TPSA) is 66.4 Å². The van der Waals surface area contributed by atoms with E-state index in [2.05, 4.69) is 21.2 Å². The van der Waals surface area contributed by atoms with E-state index in [1.165, 1.54) is 31.2 Å². The van der Waals surface area contributed by atoms with Crippen LogP contribution in [0.4, 0.5) is 13.2 Å². The first-order valence-electron chi connectivity index (χ1n) is 8.53. The molecular formula is C20H14BrCl3F3NO3. The quantitative estimate of drug-likeness (QED) is 0.376. The van der Waals surface area contributed by atoms with Gasteiger partial charge in [0, 0.05) is 4.47 Å². The first kappa shape index (κ1) is 25.5. The molecule has 0 aliphatic heterocycles. The molecule has 2 aromatic carbocycles. The van der Waals surface area contributed by atoms with Crippen molar-refractivity contribution in [1.29, 1.82) is 0 Å². The van der Waals surface area contributed by atoms with Crippen LogP contribution < -0.4 is 5.32 Å². The first-order valence-corrected chi connectivity index (χ1v) is 10.5. The Kier molecular flexibility index (Phi) is 8.44. The monoisotopic (exact) mass is 557 g/mol. The lowest BCUT2D eigenvalue weighted by molar-refractivity contribution is -0.140. The van der Waals surface area contributed by atoms with Crippen LogP contribution in [-0.2, 0) is 4.79 Å². The van der Waals surface area contributed by atoms with Crippen LogP contribution in [0.25, 0.3) is 6.08 Å². The number of hydrogen-bond donors (Lipinski definition) is 2. The van der Waals surface area contributed by atoms with Crippen molar-refractivity contribution in [1.82, 2.24) is 5.32 Å². The van der Waals surface area contributed by atoms with Crippen LogP contribution in [0, 0.1) is 0 Å². The lowest BCUT2D eigenvalue weighted by atomic mass is 9.97. The minimum atomic E-state index is -4.62. The Morgan fingerprint density at radius 3 is 2.19 bits per heavy atom. The van der Waals surface area contributed by atoms with Crippen molar-refractivity contribution in [2.24, 2.45) is 0 Å². The maximum atomic E-state index is 13.6. The van der Waals surface area contributed by atoms with Crippen LogP contribution in [-0.4, -0.2) is 29.2 Å². The van der Waals surface area contributed by atoms with Gasteiger partial charge in [-0.1, -0.05) is 53.0 Å². The van der Waals surface area contributed by atoms with Crippen molar-refractivity contribution >= 4 is 68.7 Å². The summed E-state index contributed by atoms with van der Waals surface area (Å²) in [4.78, 5) is 23.0. The highest BCUT2D eigenvalue weighted by Gasteiger charge is 2.39. The van der Waals surface area contributed by atoms with E-state index in [0.717, 1.165) is 18.2 Å². The number of carboxylic acids is 1. The van der Waals surface area contributed by atoms with Gasteiger partial charge in [0.2, 0.25) is 0 Å². The van der Waals surface area contributed by atoms with E-state index in [1.54, 1.807) is 0 Å². The zero-order valence-corrected chi connectivity index (χ0v) is 19.5. The molecular weight excluding hydrogens is 545 g/mol. The molecule has 0 aromatic heterocycles. The molecule has 4 nitrogen and oxygen atoms in total. The predicted octanol–water partition coefficient (Wildman–Crippen LogP) is 6.97. The average Bonchev–Trinajstić information content (AvgIpc) is 2.64. The average molecular weight is 560 g/mol. The summed E-state index contributed by atoms with van der Waals surface area (Å²) in [7, 11) is 0. The SMILES string of the molecule is C[C@@H](NC(=O)c1ccc(C=CC(c2cc(Cl)c(Cl)c(Cl)c2)C(F)(F)F)cc1Br)C(=O)O. The maximum Gasteiger partial charge on any atom is 0.399 e. The van der Waals surface area contributed by atoms with Crippen molar-refractivity contribution in [3.05, 3.63) is 72.6 Å². The van der Waals surface area contributed by atoms with Crippen LogP contribution in [0.1, 0.15) is 34.3 Å². The van der Waals surface area contributed by atoms with E-state index >= 15 is 0 Å². The number of rotatable bonds is 6. The van der Waals surface area contributed by atoms with Gasteiger partial charge >= 0.3 is 12.1 Å². The van der Waals surface area contributed by atoms with E-state index in [0.29, 0.717) is 5.56 Å². The van der Waals surface area contributed by atoms with Gasteiger partial charge in [-0.05, 0) is 58.2 Å². The lowest BCUT2D eigenvalue weighted by Crippen LogP contribution is -2.38. The van der Waals surface area contributed by atoms with Gasteiger partial charge in [-0.25, -0.2) is 0 Å². The molecule has 0 aliphatic rings. The molecule has 11 heteroatoms. The Morgan fingerprint density at radius 1 is 1.13 bits per heavy atom. The second-order valence-electron chi connectivity index (χ2n) is 6.45. The van der Waals surface area contributed by atoms with Crippen molar-refractivity contribution in [2.75, 3.05) is 0 Å². The standard InChI is InChI=1S/C20H14BrCl3F3NO3/c1-9(19(30)31)28-18(29)12-4-2-10(6-14(12)21)3-5-13(20(25,26)27)11-7-15(22)17(24)16(23)8-11/h2-9,13H,1H3,(H,28,29)(H,30,31)/t9-,13?/m1/s1. The van der Waals surface area contributed by atoms with E-state index in [-0.39, 0.29) is 30.7 Å². The number of halogens is 7. The summed E-state index contributed by atoms with van der Waals surface area (Å²) in [5, 5.41) is 10.9. The van der Waals surface area contributed by atoms with Gasteiger partial charge in [-0.15, -0.1) is 0 Å². The van der Waals surface area contributed by atoms with Crippen LogP contribution in [0.15, 0.2) is 40.9 Å². The molecule has 0 fully saturated rings. The summed E-state index contributed by atoms with van der Waals surface area (Å²) in [6, 6.07) is 5.33. The smallest absolute Gasteiger partial charge is 0.399 e. The molecule has 2 atom stereocenters. The molecule has 166 valence electrons. The highest BCUT2D eigenvalue weighted by Crippen LogP contribution is 2.41. The van der Waals surface area contributed by atoms with E-state index in [9.17, 15) is 22.8 Å². The number of allylic oxidation sites excluding steroid dienone is 1. The third-order valence-corrected chi connectivity index (χ3v) is 6.01. The van der Waals surface area contributed by atoms with Gasteiger partial charge in [-0.3, -0.25) is 9.59 Å². The molecule has 0 radical (unpaired) electrons. The number of alkyl halides is 3. The fourth-order valence-electron chi connectivity index (χ4n) is 2.53. The van der Waals surface area contributed by atoms with Crippen molar-refractivity contribution in [3.63, 3.8) is 0 Å². The molecule has 31 heavy (non-hydrogen) atoms. The lowest BCUT2D eigenvalue weighted by Gasteiger charge is -2.18. The molecule has 0 saturated carbocycles. The third-order valence-electron chi connectivity index (χ3n) is 4.15. The number of benzene rings is 2. The molecule has 0 saturated heterocycles. The fourth-order valence-corrected chi connectivity index (χ4v) is 3.72. The minimum absolute atomic E-state index is 0.0352. The summed E-state index contributed by atoms with van der Waals surface area (Å²) >= 11 is 20.7. The summed E-state index contributed by atoms with van der Waals surface area (Å²) in [5.41, 5.74) is 0.324. The Labute approximate surface area is 199 Å². The Bertz CT molecular complexity index is 1020. The van der Waals surface area contributed by atoms with Crippen molar-refractivity contribution in [2.45, 2.75) is 25.1 Å². The number of hydrogen-bond acceptors (Lipinski definition) is 2. The molecule has 2 N–H and O–H groups in total. The van der Waals surface area contributed by atoms with Crippen LogP contribution >= 0.6 is 50.7 Å². The zero-order chi connectivity index (χ0) is 23.5. The molecule has 0 spiro atoms. The largest absolute Gasteiger partial charge is 0.480 e. The summed E-state index contributed by atoms with van der Waals surface area (Å²) in [6.45, 7) is 1.30. The normalized spacial score (nSPS) is 13.8. The van der Waals surface area contributed by atoms with E-state index in [4.69, 9.17) is 39.9 Å². The number of nitrogens with one attached hydrogen (secondary N) is 1. The van der Waals surface area contributed by atoms with Gasteiger partial charge < -0.3 is 10.4 Å². The molecule has 1 amide bonds. The summed E-state index contributed by atoms with van der Waals surface area (Å²) in [5.74, 6) is -3.85. The number of amides is 1. The highest BCUT2D eigenvalue weighted by atomic mass is 79.9. The van der Waals surface area contributed by atoms with E-state index < -0.39 is 30.0 Å². The molecule has 2 aromatic rings. The zero-order valence-electron chi connectivity index (χ0n) is 15.6. The molecule has 1 unspecified atom stereocenters. The minimum Gasteiger partial charge on any atom is -0.480 e. The Hall–Kier alpha value is -1.74. The number of carboxylic acid groups (broad SMARTS) is 1. The van der Waals surface area contributed by atoms with Gasteiger partial charge in [0.1, 0.15) is 6.04 Å².